The highest BCUT2D eigenvalue weighted by molar-refractivity contribution is 5.88. The van der Waals surface area contributed by atoms with Gasteiger partial charge in [-0.05, 0) is 66.6 Å². The van der Waals surface area contributed by atoms with E-state index in [-0.39, 0.29) is 11.5 Å². The van der Waals surface area contributed by atoms with E-state index in [0.717, 1.165) is 35.6 Å². The van der Waals surface area contributed by atoms with Crippen molar-refractivity contribution in [1.82, 2.24) is 0 Å². The molecule has 2 aromatic carbocycles. The lowest BCUT2D eigenvalue weighted by Crippen LogP contribution is -2.32. The SMILES string of the molecule is CC(c1cc(N(C)C)ccc1N1CCCCC1)C(C(N)=O)c1ccc(C(=O)O)cc1. The van der Waals surface area contributed by atoms with Crippen molar-refractivity contribution >= 4 is 23.3 Å². The van der Waals surface area contributed by atoms with Crippen LogP contribution in [-0.2, 0) is 4.79 Å². The number of piperidine rings is 1. The maximum atomic E-state index is 12.5. The molecule has 1 saturated heterocycles. The molecule has 30 heavy (non-hydrogen) atoms. The first-order chi connectivity index (χ1) is 14.3. The largest absolute Gasteiger partial charge is 0.478 e. The summed E-state index contributed by atoms with van der Waals surface area (Å²) in [7, 11) is 4.00. The zero-order valence-electron chi connectivity index (χ0n) is 18.0. The minimum atomic E-state index is -0.990. The smallest absolute Gasteiger partial charge is 0.335 e. The van der Waals surface area contributed by atoms with Crippen LogP contribution in [-0.4, -0.2) is 44.2 Å². The Kier molecular flexibility index (Phi) is 6.65. The molecule has 1 aliphatic rings. The third-order valence-electron chi connectivity index (χ3n) is 6.04. The van der Waals surface area contributed by atoms with Crippen LogP contribution in [0.4, 0.5) is 11.4 Å². The number of hydrogen-bond donors (Lipinski definition) is 2. The molecule has 1 aliphatic heterocycles. The Morgan fingerprint density at radius 1 is 1.03 bits per heavy atom. The van der Waals surface area contributed by atoms with Crippen LogP contribution in [0.5, 0.6) is 0 Å². The summed E-state index contributed by atoms with van der Waals surface area (Å²) in [5.74, 6) is -2.11. The molecule has 0 aliphatic carbocycles. The fourth-order valence-electron chi connectivity index (χ4n) is 4.32. The molecule has 3 rings (SSSR count). The molecule has 6 heteroatoms. The number of benzene rings is 2. The van der Waals surface area contributed by atoms with Gasteiger partial charge in [0.1, 0.15) is 0 Å². The molecule has 0 bridgehead atoms. The predicted molar refractivity (Wildman–Crippen MR) is 121 cm³/mol. The molecule has 2 unspecified atom stereocenters. The highest BCUT2D eigenvalue weighted by Crippen LogP contribution is 2.40. The average molecular weight is 410 g/mol. The van der Waals surface area contributed by atoms with Gasteiger partial charge in [-0.3, -0.25) is 4.79 Å². The van der Waals surface area contributed by atoms with Gasteiger partial charge in [0, 0.05) is 38.6 Å². The normalized spacial score (nSPS) is 16.0. The second kappa shape index (κ2) is 9.20. The summed E-state index contributed by atoms with van der Waals surface area (Å²) in [5, 5.41) is 9.17. The van der Waals surface area contributed by atoms with Gasteiger partial charge in [-0.2, -0.15) is 0 Å². The topological polar surface area (TPSA) is 86.9 Å². The first-order valence-electron chi connectivity index (χ1n) is 10.5. The van der Waals surface area contributed by atoms with Gasteiger partial charge in [-0.15, -0.1) is 0 Å². The Bertz CT molecular complexity index is 902. The van der Waals surface area contributed by atoms with Gasteiger partial charge >= 0.3 is 5.97 Å². The van der Waals surface area contributed by atoms with Crippen molar-refractivity contribution in [2.24, 2.45) is 5.73 Å². The molecule has 6 nitrogen and oxygen atoms in total. The zero-order valence-corrected chi connectivity index (χ0v) is 18.0. The van der Waals surface area contributed by atoms with Crippen LogP contribution in [0.25, 0.3) is 0 Å². The van der Waals surface area contributed by atoms with Crippen molar-refractivity contribution in [3.05, 3.63) is 59.2 Å². The van der Waals surface area contributed by atoms with E-state index < -0.39 is 17.8 Å². The molecular formula is C24H31N3O3. The summed E-state index contributed by atoms with van der Waals surface area (Å²) in [5.41, 5.74) is 10.1. The Morgan fingerprint density at radius 3 is 2.20 bits per heavy atom. The van der Waals surface area contributed by atoms with Crippen molar-refractivity contribution in [2.75, 3.05) is 37.0 Å². The van der Waals surface area contributed by atoms with Crippen LogP contribution in [0.15, 0.2) is 42.5 Å². The zero-order chi connectivity index (χ0) is 21.8. The summed E-state index contributed by atoms with van der Waals surface area (Å²) in [6, 6.07) is 12.9. The lowest BCUT2D eigenvalue weighted by molar-refractivity contribution is -0.119. The standard InChI is InChI=1S/C24H31N3O3/c1-16(22(23(25)28)17-7-9-18(10-8-17)24(29)30)20-15-19(26(2)3)11-12-21(20)27-13-5-4-6-14-27/h7-12,15-16,22H,4-6,13-14H2,1-3H3,(H2,25,28)(H,29,30). The van der Waals surface area contributed by atoms with Crippen LogP contribution in [0.3, 0.4) is 0 Å². The molecule has 0 spiro atoms. The second-order valence-corrected chi connectivity index (χ2v) is 8.28. The number of carbonyl (C=O) groups excluding carboxylic acids is 1. The summed E-state index contributed by atoms with van der Waals surface area (Å²) in [6.07, 6.45) is 3.58. The van der Waals surface area contributed by atoms with Gasteiger partial charge in [-0.1, -0.05) is 19.1 Å². The number of nitrogens with zero attached hydrogens (tertiary/aromatic N) is 2. The maximum absolute atomic E-state index is 12.5. The van der Waals surface area contributed by atoms with Gasteiger partial charge in [0.05, 0.1) is 11.5 Å². The summed E-state index contributed by atoms with van der Waals surface area (Å²) >= 11 is 0. The third-order valence-corrected chi connectivity index (χ3v) is 6.04. The number of anilines is 2. The second-order valence-electron chi connectivity index (χ2n) is 8.28. The predicted octanol–water partition coefficient (Wildman–Crippen LogP) is 3.81. The van der Waals surface area contributed by atoms with E-state index in [4.69, 9.17) is 5.73 Å². The van der Waals surface area contributed by atoms with Gasteiger partial charge in [0.2, 0.25) is 5.91 Å². The monoisotopic (exact) mass is 409 g/mol. The highest BCUT2D eigenvalue weighted by Gasteiger charge is 2.30. The van der Waals surface area contributed by atoms with Crippen molar-refractivity contribution < 1.29 is 14.7 Å². The Hall–Kier alpha value is -3.02. The molecule has 3 N–H and O–H groups in total. The molecule has 160 valence electrons. The number of hydrogen-bond acceptors (Lipinski definition) is 4. The van der Waals surface area contributed by atoms with E-state index in [1.807, 2.05) is 21.0 Å². The van der Waals surface area contributed by atoms with Gasteiger partial charge in [0.15, 0.2) is 0 Å². The molecule has 1 heterocycles. The van der Waals surface area contributed by atoms with E-state index in [9.17, 15) is 14.7 Å². The molecule has 0 aromatic heterocycles. The number of carboxylic acids is 1. The molecule has 2 aromatic rings. The van der Waals surface area contributed by atoms with Crippen molar-refractivity contribution in [1.29, 1.82) is 0 Å². The first-order valence-corrected chi connectivity index (χ1v) is 10.5. The maximum Gasteiger partial charge on any atom is 0.335 e. The lowest BCUT2D eigenvalue weighted by Gasteiger charge is -2.34. The quantitative estimate of drug-likeness (QED) is 0.726. The van der Waals surface area contributed by atoms with Crippen LogP contribution in [0, 0.1) is 0 Å². The van der Waals surface area contributed by atoms with Crippen molar-refractivity contribution in [2.45, 2.75) is 38.0 Å². The van der Waals surface area contributed by atoms with E-state index in [1.54, 1.807) is 12.1 Å². The third kappa shape index (κ3) is 4.58. The minimum absolute atomic E-state index is 0.157. The van der Waals surface area contributed by atoms with Gasteiger partial charge < -0.3 is 20.6 Å². The molecule has 0 radical (unpaired) electrons. The van der Waals surface area contributed by atoms with Gasteiger partial charge in [-0.25, -0.2) is 4.79 Å². The Morgan fingerprint density at radius 2 is 1.67 bits per heavy atom. The van der Waals surface area contributed by atoms with Crippen LogP contribution >= 0.6 is 0 Å². The van der Waals surface area contributed by atoms with Crippen LogP contribution in [0.2, 0.25) is 0 Å². The van der Waals surface area contributed by atoms with Crippen molar-refractivity contribution in [3.8, 4) is 0 Å². The summed E-state index contributed by atoms with van der Waals surface area (Å²) < 4.78 is 0. The average Bonchev–Trinajstić information content (AvgIpc) is 2.74. The fraction of sp³-hybridized carbons (Fsp3) is 0.417. The minimum Gasteiger partial charge on any atom is -0.478 e. The van der Waals surface area contributed by atoms with Gasteiger partial charge in [0.25, 0.3) is 0 Å². The number of aromatic carboxylic acids is 1. The Labute approximate surface area is 178 Å². The fourth-order valence-corrected chi connectivity index (χ4v) is 4.32. The number of carboxylic acid groups (broad SMARTS) is 1. The molecular weight excluding hydrogens is 378 g/mol. The number of carbonyl (C=O) groups is 2. The molecule has 2 atom stereocenters. The number of amides is 1. The van der Waals surface area contributed by atoms with Crippen LogP contribution < -0.4 is 15.5 Å². The number of primary amides is 1. The Balaban J connectivity index is 2.04. The first kappa shape index (κ1) is 21.7. The summed E-state index contributed by atoms with van der Waals surface area (Å²) in [4.78, 5) is 28.2. The van der Waals surface area contributed by atoms with E-state index in [1.165, 1.54) is 31.4 Å². The van der Waals surface area contributed by atoms with Crippen molar-refractivity contribution in [3.63, 3.8) is 0 Å². The lowest BCUT2D eigenvalue weighted by atomic mass is 9.80. The number of nitrogens with two attached hydrogens (primary N) is 1. The molecule has 1 fully saturated rings. The molecule has 1 amide bonds. The summed E-state index contributed by atoms with van der Waals surface area (Å²) in [6.45, 7) is 4.05. The highest BCUT2D eigenvalue weighted by atomic mass is 16.4. The number of rotatable bonds is 7. The van der Waals surface area contributed by atoms with E-state index in [2.05, 4.69) is 28.0 Å². The van der Waals surface area contributed by atoms with Crippen LogP contribution in [0.1, 0.15) is 59.5 Å². The van der Waals surface area contributed by atoms with E-state index in [0.29, 0.717) is 0 Å². The molecule has 0 saturated carbocycles. The van der Waals surface area contributed by atoms with E-state index >= 15 is 0 Å².